The predicted molar refractivity (Wildman–Crippen MR) is 46.2 cm³/mol. The summed E-state index contributed by atoms with van der Waals surface area (Å²) in [5.74, 6) is 0. The molecule has 96 valence electrons. The monoisotopic (exact) mass is 268 g/mol. The molecule has 0 aromatic rings. The van der Waals surface area contributed by atoms with Gasteiger partial charge in [-0.25, -0.2) is 0 Å². The topological polar surface area (TPSA) is 35.5 Å². The van der Waals surface area contributed by atoms with Crippen LogP contribution >= 0.6 is 7.60 Å². The summed E-state index contributed by atoms with van der Waals surface area (Å²) < 4.78 is 80.9. The number of halogens is 5. The summed E-state index contributed by atoms with van der Waals surface area (Å²) in [5.41, 5.74) is 0. The minimum atomic E-state index is -5.46. The molecule has 3 nitrogen and oxygen atoms in total. The molecule has 0 bridgehead atoms. The van der Waals surface area contributed by atoms with E-state index in [4.69, 9.17) is 0 Å². The van der Waals surface area contributed by atoms with E-state index in [1.54, 1.807) is 0 Å². The van der Waals surface area contributed by atoms with Crippen molar-refractivity contribution in [3.05, 3.63) is 11.4 Å². The van der Waals surface area contributed by atoms with Crippen molar-refractivity contribution >= 4 is 7.60 Å². The van der Waals surface area contributed by atoms with Gasteiger partial charge in [-0.05, 0) is 13.8 Å². The van der Waals surface area contributed by atoms with Crippen molar-refractivity contribution in [3.63, 3.8) is 0 Å². The van der Waals surface area contributed by atoms with Gasteiger partial charge >= 0.3 is 13.8 Å². The van der Waals surface area contributed by atoms with E-state index in [1.165, 1.54) is 13.8 Å². The number of hydrogen-bond donors (Lipinski definition) is 0. The second-order valence-electron chi connectivity index (χ2n) is 2.44. The fourth-order valence-electron chi connectivity index (χ4n) is 0.872. The Labute approximate surface area is 88.8 Å². The maximum absolute atomic E-state index is 12.2. The van der Waals surface area contributed by atoms with Crippen LogP contribution in [0.1, 0.15) is 13.8 Å². The molecular formula is C7H10F5O3P. The zero-order chi connectivity index (χ0) is 13.0. The van der Waals surface area contributed by atoms with Gasteiger partial charge in [0.2, 0.25) is 5.31 Å². The minimum absolute atomic E-state index is 0.440. The predicted octanol–water partition coefficient (Wildman–Crippen LogP) is 3.92. The van der Waals surface area contributed by atoms with Gasteiger partial charge in [-0.3, -0.25) is 4.57 Å². The molecule has 0 atom stereocenters. The molecule has 0 amide bonds. The first kappa shape index (κ1) is 15.5. The van der Waals surface area contributed by atoms with Crippen LogP contribution in [-0.4, -0.2) is 19.4 Å². The first-order chi connectivity index (χ1) is 7.19. The van der Waals surface area contributed by atoms with Gasteiger partial charge in [-0.15, -0.1) is 0 Å². The lowest BCUT2D eigenvalue weighted by Crippen LogP contribution is -2.16. The highest BCUT2D eigenvalue weighted by molar-refractivity contribution is 7.58. The first-order valence-electron chi connectivity index (χ1n) is 4.21. The summed E-state index contributed by atoms with van der Waals surface area (Å²) in [6, 6.07) is 0. The lowest BCUT2D eigenvalue weighted by molar-refractivity contribution is -0.0903. The molecule has 0 fully saturated rings. The molecule has 0 saturated heterocycles. The van der Waals surface area contributed by atoms with Crippen LogP contribution in [0.2, 0.25) is 0 Å². The molecule has 0 aliphatic carbocycles. The van der Waals surface area contributed by atoms with E-state index in [0.29, 0.717) is 0 Å². The molecule has 0 saturated carbocycles. The molecule has 0 aromatic carbocycles. The van der Waals surface area contributed by atoms with Crippen molar-refractivity contribution in [2.24, 2.45) is 0 Å². The number of rotatable bonds is 5. The average Bonchev–Trinajstić information content (AvgIpc) is 1.99. The van der Waals surface area contributed by atoms with E-state index in [0.717, 1.165) is 0 Å². The summed E-state index contributed by atoms with van der Waals surface area (Å²) in [7, 11) is -5.00. The third-order valence-corrected chi connectivity index (χ3v) is 3.49. The Morgan fingerprint density at radius 2 is 1.50 bits per heavy atom. The van der Waals surface area contributed by atoms with Crippen LogP contribution in [0.4, 0.5) is 22.0 Å². The summed E-state index contributed by atoms with van der Waals surface area (Å²) in [6.07, 6.45) is -8.57. The molecule has 0 spiro atoms. The molecule has 0 aromatic heterocycles. The highest BCUT2D eigenvalue weighted by Crippen LogP contribution is 2.62. The fourth-order valence-corrected chi connectivity index (χ4v) is 2.40. The van der Waals surface area contributed by atoms with Gasteiger partial charge in [0.1, 0.15) is 0 Å². The van der Waals surface area contributed by atoms with Gasteiger partial charge in [0, 0.05) is 0 Å². The van der Waals surface area contributed by atoms with E-state index in [2.05, 4.69) is 9.05 Å². The summed E-state index contributed by atoms with van der Waals surface area (Å²) in [6.45, 7) is 1.56. The molecule has 0 aliphatic rings. The van der Waals surface area contributed by atoms with Crippen LogP contribution in [0.3, 0.4) is 0 Å². The molecule has 0 aliphatic heterocycles. The molecule has 0 radical (unpaired) electrons. The lowest BCUT2D eigenvalue weighted by Gasteiger charge is -2.20. The maximum Gasteiger partial charge on any atom is 0.429 e. The van der Waals surface area contributed by atoms with Crippen LogP contribution < -0.4 is 0 Å². The van der Waals surface area contributed by atoms with Crippen LogP contribution in [0, 0.1) is 0 Å². The third-order valence-electron chi connectivity index (χ3n) is 1.32. The van der Waals surface area contributed by atoms with Crippen molar-refractivity contribution in [2.75, 3.05) is 13.2 Å². The maximum atomic E-state index is 12.2. The molecule has 0 unspecified atom stereocenters. The van der Waals surface area contributed by atoms with Crippen molar-refractivity contribution in [3.8, 4) is 0 Å². The van der Waals surface area contributed by atoms with Crippen LogP contribution in [0.5, 0.6) is 0 Å². The fraction of sp³-hybridized carbons (Fsp3) is 0.714. The second-order valence-corrected chi connectivity index (χ2v) is 4.40. The zero-order valence-corrected chi connectivity index (χ0v) is 9.37. The normalized spacial score (nSPS) is 12.7. The molecular weight excluding hydrogens is 258 g/mol. The number of alkyl halides is 3. The van der Waals surface area contributed by atoms with E-state index in [1.807, 2.05) is 0 Å². The summed E-state index contributed by atoms with van der Waals surface area (Å²) in [4.78, 5) is 0. The van der Waals surface area contributed by atoms with Gasteiger partial charge in [-0.2, -0.15) is 22.0 Å². The molecule has 0 rings (SSSR count). The summed E-state index contributed by atoms with van der Waals surface area (Å²) in [5, 5.41) is -2.54. The van der Waals surface area contributed by atoms with Crippen molar-refractivity contribution in [1.82, 2.24) is 0 Å². The Bertz CT molecular complexity index is 298. The van der Waals surface area contributed by atoms with Gasteiger partial charge in [-0.1, -0.05) is 0 Å². The second kappa shape index (κ2) is 5.75. The van der Waals surface area contributed by atoms with Crippen molar-refractivity contribution in [2.45, 2.75) is 20.0 Å². The average molecular weight is 268 g/mol. The Hall–Kier alpha value is -0.460. The summed E-state index contributed by atoms with van der Waals surface area (Å²) >= 11 is 0. The van der Waals surface area contributed by atoms with Gasteiger partial charge in [0.25, 0.3) is 6.08 Å². The van der Waals surface area contributed by atoms with Crippen LogP contribution in [-0.2, 0) is 13.6 Å². The van der Waals surface area contributed by atoms with Crippen LogP contribution in [0.25, 0.3) is 0 Å². The Balaban J connectivity index is 5.49. The standard InChI is InChI=1S/C7H10F5O3P/c1-3-14-16(13,15-4-2)5(6(8)9)7(10,11)12/h3-4H2,1-2H3. The SMILES string of the molecule is CCOP(=O)(OCC)C(=C(F)F)C(F)(F)F. The Kier molecular flexibility index (Phi) is 5.58. The minimum Gasteiger partial charge on any atom is -0.305 e. The van der Waals surface area contributed by atoms with E-state index in [-0.39, 0.29) is 0 Å². The lowest BCUT2D eigenvalue weighted by atomic mass is 10.6. The van der Waals surface area contributed by atoms with Crippen molar-refractivity contribution in [1.29, 1.82) is 0 Å². The third kappa shape index (κ3) is 3.84. The van der Waals surface area contributed by atoms with Gasteiger partial charge in [0.15, 0.2) is 0 Å². The highest BCUT2D eigenvalue weighted by atomic mass is 31.2. The van der Waals surface area contributed by atoms with Gasteiger partial charge < -0.3 is 9.05 Å². The smallest absolute Gasteiger partial charge is 0.305 e. The van der Waals surface area contributed by atoms with Crippen LogP contribution in [0.15, 0.2) is 11.4 Å². The Morgan fingerprint density at radius 1 is 1.12 bits per heavy atom. The van der Waals surface area contributed by atoms with Crippen molar-refractivity contribution < 1.29 is 35.6 Å². The largest absolute Gasteiger partial charge is 0.429 e. The molecule has 9 heteroatoms. The molecule has 0 N–H and O–H groups in total. The van der Waals surface area contributed by atoms with E-state index < -0.39 is 38.4 Å². The van der Waals surface area contributed by atoms with E-state index >= 15 is 0 Å². The molecule has 16 heavy (non-hydrogen) atoms. The highest BCUT2D eigenvalue weighted by Gasteiger charge is 2.51. The number of allylic oxidation sites excluding steroid dienone is 1. The van der Waals surface area contributed by atoms with E-state index in [9.17, 15) is 26.5 Å². The van der Waals surface area contributed by atoms with Gasteiger partial charge in [0.05, 0.1) is 13.2 Å². The molecule has 0 heterocycles. The quantitative estimate of drug-likeness (QED) is 0.560. The first-order valence-corrected chi connectivity index (χ1v) is 5.75. The number of hydrogen-bond acceptors (Lipinski definition) is 3. The zero-order valence-electron chi connectivity index (χ0n) is 8.48. The Morgan fingerprint density at radius 3 is 1.69 bits per heavy atom.